The molecular formula is C55H37NO. The summed E-state index contributed by atoms with van der Waals surface area (Å²) in [5, 5.41) is 2.19. The van der Waals surface area contributed by atoms with E-state index in [1.807, 2.05) is 6.07 Å². The van der Waals surface area contributed by atoms with Gasteiger partial charge in [-0.25, -0.2) is 0 Å². The van der Waals surface area contributed by atoms with Crippen molar-refractivity contribution in [1.29, 1.82) is 0 Å². The summed E-state index contributed by atoms with van der Waals surface area (Å²) in [6.07, 6.45) is 0. The van der Waals surface area contributed by atoms with Crippen molar-refractivity contribution in [2.75, 3.05) is 4.90 Å². The molecule has 2 heteroatoms. The molecule has 0 unspecified atom stereocenters. The monoisotopic (exact) mass is 727 g/mol. The Morgan fingerprint density at radius 1 is 0.333 bits per heavy atom. The summed E-state index contributed by atoms with van der Waals surface area (Å²) in [4.78, 5) is 2.46. The average Bonchev–Trinajstić information content (AvgIpc) is 3.81. The predicted molar refractivity (Wildman–Crippen MR) is 237 cm³/mol. The molecular weight excluding hydrogens is 691 g/mol. The second-order valence-electron chi connectivity index (χ2n) is 14.8. The van der Waals surface area contributed by atoms with E-state index in [2.05, 4.69) is 223 Å². The zero-order valence-corrected chi connectivity index (χ0v) is 31.2. The van der Waals surface area contributed by atoms with Crippen molar-refractivity contribution < 1.29 is 4.42 Å². The van der Waals surface area contributed by atoms with Gasteiger partial charge in [-0.3, -0.25) is 0 Å². The van der Waals surface area contributed by atoms with Gasteiger partial charge in [-0.15, -0.1) is 0 Å². The van der Waals surface area contributed by atoms with Crippen molar-refractivity contribution in [2.24, 2.45) is 0 Å². The van der Waals surface area contributed by atoms with E-state index in [4.69, 9.17) is 4.42 Å². The van der Waals surface area contributed by atoms with E-state index in [0.29, 0.717) is 0 Å². The third-order valence-corrected chi connectivity index (χ3v) is 11.7. The van der Waals surface area contributed by atoms with Crippen LogP contribution >= 0.6 is 0 Å². The molecule has 0 saturated carbocycles. The molecule has 0 spiro atoms. The lowest BCUT2D eigenvalue weighted by atomic mass is 9.67. The second-order valence-corrected chi connectivity index (χ2v) is 14.8. The van der Waals surface area contributed by atoms with Crippen molar-refractivity contribution in [3.63, 3.8) is 0 Å². The van der Waals surface area contributed by atoms with Crippen LogP contribution < -0.4 is 4.90 Å². The predicted octanol–water partition coefficient (Wildman–Crippen LogP) is 14.8. The van der Waals surface area contributed by atoms with Crippen molar-refractivity contribution in [3.05, 3.63) is 247 Å². The van der Waals surface area contributed by atoms with E-state index in [1.54, 1.807) is 0 Å². The quantitative estimate of drug-likeness (QED) is 0.163. The zero-order chi connectivity index (χ0) is 37.8. The van der Waals surface area contributed by atoms with E-state index in [-0.39, 0.29) is 0 Å². The Balaban J connectivity index is 1.23. The Morgan fingerprint density at radius 3 is 1.61 bits per heavy atom. The molecule has 1 aromatic heterocycles. The minimum Gasteiger partial charge on any atom is -0.456 e. The average molecular weight is 728 g/mol. The Labute approximate surface area is 332 Å². The molecule has 9 aromatic carbocycles. The Bertz CT molecular complexity index is 3020. The number of hydrogen-bond donors (Lipinski definition) is 0. The van der Waals surface area contributed by atoms with Gasteiger partial charge < -0.3 is 9.32 Å². The van der Waals surface area contributed by atoms with Gasteiger partial charge in [0.2, 0.25) is 0 Å². The number of rotatable bonds is 7. The maximum absolute atomic E-state index is 6.37. The zero-order valence-electron chi connectivity index (χ0n) is 31.2. The largest absolute Gasteiger partial charge is 0.456 e. The first kappa shape index (κ1) is 33.0. The molecule has 0 saturated heterocycles. The lowest BCUT2D eigenvalue weighted by Gasteiger charge is -2.35. The third-order valence-electron chi connectivity index (χ3n) is 11.7. The Hall–Kier alpha value is -7.42. The van der Waals surface area contributed by atoms with E-state index in [1.165, 1.54) is 38.9 Å². The summed E-state index contributed by atoms with van der Waals surface area (Å²) in [5.41, 5.74) is 16.6. The van der Waals surface area contributed by atoms with Crippen LogP contribution in [0.3, 0.4) is 0 Å². The minimum atomic E-state index is -0.533. The van der Waals surface area contributed by atoms with E-state index >= 15 is 0 Å². The number of furan rings is 1. The third kappa shape index (κ3) is 5.26. The Morgan fingerprint density at radius 2 is 0.877 bits per heavy atom. The number of fused-ring (bicyclic) bond motifs is 6. The Kier molecular flexibility index (Phi) is 7.75. The summed E-state index contributed by atoms with van der Waals surface area (Å²) in [7, 11) is 0. The van der Waals surface area contributed by atoms with Crippen LogP contribution in [0.15, 0.2) is 229 Å². The van der Waals surface area contributed by atoms with Gasteiger partial charge in [0.25, 0.3) is 0 Å². The van der Waals surface area contributed by atoms with Crippen molar-refractivity contribution >= 4 is 39.0 Å². The highest BCUT2D eigenvalue weighted by molar-refractivity contribution is 6.07. The highest BCUT2D eigenvalue weighted by atomic mass is 16.3. The molecule has 11 rings (SSSR count). The highest BCUT2D eigenvalue weighted by Gasteiger charge is 2.46. The summed E-state index contributed by atoms with van der Waals surface area (Å²) < 4.78 is 6.37. The summed E-state index contributed by atoms with van der Waals surface area (Å²) in [6.45, 7) is 0. The first-order valence-electron chi connectivity index (χ1n) is 19.6. The van der Waals surface area contributed by atoms with Gasteiger partial charge in [0.05, 0.1) is 11.1 Å². The normalized spacial score (nSPS) is 12.7. The smallest absolute Gasteiger partial charge is 0.135 e. The van der Waals surface area contributed by atoms with Gasteiger partial charge in [-0.2, -0.15) is 0 Å². The number of hydrogen-bond acceptors (Lipinski definition) is 2. The van der Waals surface area contributed by atoms with Crippen LogP contribution in [0.5, 0.6) is 0 Å². The van der Waals surface area contributed by atoms with Crippen LogP contribution in [0, 0.1) is 0 Å². The summed E-state index contributed by atoms with van der Waals surface area (Å²) in [6, 6.07) is 81.4. The fourth-order valence-electron chi connectivity index (χ4n) is 9.24. The van der Waals surface area contributed by atoms with Crippen LogP contribution in [-0.4, -0.2) is 0 Å². The van der Waals surface area contributed by atoms with Crippen LogP contribution in [0.2, 0.25) is 0 Å². The molecule has 0 atom stereocenters. The molecule has 0 aliphatic heterocycles. The molecule has 268 valence electrons. The molecule has 57 heavy (non-hydrogen) atoms. The van der Waals surface area contributed by atoms with Crippen LogP contribution in [0.1, 0.15) is 22.3 Å². The molecule has 1 aliphatic rings. The highest BCUT2D eigenvalue weighted by Crippen LogP contribution is 2.57. The maximum Gasteiger partial charge on any atom is 0.135 e. The summed E-state index contributed by atoms with van der Waals surface area (Å²) in [5.74, 6) is 0. The molecule has 0 amide bonds. The standard InChI is InChI=1S/C55H37NO/c1-5-17-38(18-6-1)40-29-32-45(39-19-7-2-8-20-39)52(35-40)56(43-31-34-54-49(36-43)48-26-14-16-28-53(48)57-54)44-30-33-47-46-25-13-15-27-50(46)55(51(47)37-44,41-21-9-3-10-22-41)42-23-11-4-12-24-42/h1-37H. The first-order valence-corrected chi connectivity index (χ1v) is 19.6. The van der Waals surface area contributed by atoms with E-state index in [0.717, 1.165) is 55.7 Å². The van der Waals surface area contributed by atoms with Crippen LogP contribution in [0.25, 0.3) is 55.3 Å². The van der Waals surface area contributed by atoms with Gasteiger partial charge in [-0.1, -0.05) is 182 Å². The van der Waals surface area contributed by atoms with Gasteiger partial charge in [0, 0.05) is 27.7 Å². The van der Waals surface area contributed by atoms with Crippen LogP contribution in [-0.2, 0) is 5.41 Å². The van der Waals surface area contributed by atoms with Crippen LogP contribution in [0.4, 0.5) is 17.1 Å². The molecule has 10 aromatic rings. The van der Waals surface area contributed by atoms with Gasteiger partial charge in [0.1, 0.15) is 11.2 Å². The maximum atomic E-state index is 6.37. The molecule has 1 aliphatic carbocycles. The fraction of sp³-hybridized carbons (Fsp3) is 0.0182. The number of para-hydroxylation sites is 1. The molecule has 0 radical (unpaired) electrons. The molecule has 0 fully saturated rings. The summed E-state index contributed by atoms with van der Waals surface area (Å²) >= 11 is 0. The molecule has 1 heterocycles. The van der Waals surface area contributed by atoms with Crippen molar-refractivity contribution in [3.8, 4) is 33.4 Å². The SMILES string of the molecule is c1ccc(-c2ccc(-c3ccccc3)c(N(c3ccc4c(c3)C(c3ccccc3)(c3ccccc3)c3ccccc3-4)c3ccc4oc5ccccc5c4c3)c2)cc1. The topological polar surface area (TPSA) is 16.4 Å². The fourth-order valence-corrected chi connectivity index (χ4v) is 9.24. The van der Waals surface area contributed by atoms with Crippen molar-refractivity contribution in [1.82, 2.24) is 0 Å². The number of nitrogens with zero attached hydrogens (tertiary/aromatic N) is 1. The number of anilines is 3. The van der Waals surface area contributed by atoms with Gasteiger partial charge in [-0.05, 0) is 92.5 Å². The lowest BCUT2D eigenvalue weighted by Crippen LogP contribution is -2.28. The first-order chi connectivity index (χ1) is 28.3. The second kappa shape index (κ2) is 13.4. The van der Waals surface area contributed by atoms with Gasteiger partial charge >= 0.3 is 0 Å². The number of benzene rings is 9. The van der Waals surface area contributed by atoms with Gasteiger partial charge in [0.15, 0.2) is 0 Å². The molecule has 0 N–H and O–H groups in total. The van der Waals surface area contributed by atoms with E-state index < -0.39 is 5.41 Å². The van der Waals surface area contributed by atoms with E-state index in [9.17, 15) is 0 Å². The molecule has 2 nitrogen and oxygen atoms in total. The van der Waals surface area contributed by atoms with Crippen molar-refractivity contribution in [2.45, 2.75) is 5.41 Å². The molecule has 0 bridgehead atoms. The lowest BCUT2D eigenvalue weighted by molar-refractivity contribution is 0.669. The minimum absolute atomic E-state index is 0.533.